The van der Waals surface area contributed by atoms with Gasteiger partial charge in [-0.1, -0.05) is 6.07 Å². The molecule has 1 saturated heterocycles. The monoisotopic (exact) mass is 259 g/mol. The van der Waals surface area contributed by atoms with Crippen LogP contribution in [0.5, 0.6) is 0 Å². The average Bonchev–Trinajstić information content (AvgIpc) is 2.92. The van der Waals surface area contributed by atoms with E-state index >= 15 is 0 Å². The van der Waals surface area contributed by atoms with Gasteiger partial charge < -0.3 is 10.0 Å². The Morgan fingerprint density at radius 2 is 2.00 bits per heavy atom. The first-order valence-corrected chi connectivity index (χ1v) is 6.37. The van der Waals surface area contributed by atoms with Crippen LogP contribution in [0.25, 0.3) is 6.08 Å². The van der Waals surface area contributed by atoms with E-state index in [-0.39, 0.29) is 5.57 Å². The smallest absolute Gasteiger partial charge is 0.331 e. The molecule has 1 aliphatic rings. The molecule has 100 valence electrons. The molecule has 1 aliphatic heterocycles. The lowest BCUT2D eigenvalue weighted by molar-refractivity contribution is -0.132. The van der Waals surface area contributed by atoms with Crippen LogP contribution in [0, 0.1) is 0 Å². The van der Waals surface area contributed by atoms with Crippen molar-refractivity contribution < 1.29 is 14.7 Å². The second kappa shape index (κ2) is 5.69. The highest BCUT2D eigenvalue weighted by Crippen LogP contribution is 2.26. The van der Waals surface area contributed by atoms with E-state index in [0.29, 0.717) is 5.56 Å². The number of nitrogens with zero attached hydrogens (tertiary/aromatic N) is 1. The highest BCUT2D eigenvalue weighted by molar-refractivity contribution is 5.92. The molecule has 0 aromatic heterocycles. The van der Waals surface area contributed by atoms with Gasteiger partial charge in [-0.05, 0) is 43.5 Å². The molecule has 0 saturated carbocycles. The Balaban J connectivity index is 2.37. The number of anilines is 1. The summed E-state index contributed by atoms with van der Waals surface area (Å²) >= 11 is 0. The predicted molar refractivity (Wildman–Crippen MR) is 74.6 cm³/mol. The molecule has 1 aromatic rings. The topological polar surface area (TPSA) is 57.6 Å². The van der Waals surface area contributed by atoms with Crippen LogP contribution in [0.4, 0.5) is 5.69 Å². The molecule has 1 N–H and O–H groups in total. The minimum absolute atomic E-state index is 0.284. The minimum Gasteiger partial charge on any atom is -0.478 e. The summed E-state index contributed by atoms with van der Waals surface area (Å²) in [7, 11) is 0. The van der Waals surface area contributed by atoms with Crippen molar-refractivity contribution in [1.29, 1.82) is 0 Å². The third kappa shape index (κ3) is 3.02. The number of carbonyl (C=O) groups is 2. The Hall–Kier alpha value is -2.10. The molecule has 0 atom stereocenters. The van der Waals surface area contributed by atoms with Crippen LogP contribution in [0.15, 0.2) is 23.8 Å². The van der Waals surface area contributed by atoms with Crippen molar-refractivity contribution in [3.8, 4) is 0 Å². The first kappa shape index (κ1) is 13.3. The average molecular weight is 259 g/mol. The number of benzene rings is 1. The summed E-state index contributed by atoms with van der Waals surface area (Å²) in [6, 6.07) is 5.42. The van der Waals surface area contributed by atoms with Gasteiger partial charge in [-0.25, -0.2) is 4.79 Å². The SMILES string of the molecule is CC(=Cc1ccc(C=O)c(N2CCCC2)c1)C(=O)O. The fraction of sp³-hybridized carbons (Fsp3) is 0.333. The van der Waals surface area contributed by atoms with Crippen LogP contribution in [-0.4, -0.2) is 30.5 Å². The van der Waals surface area contributed by atoms with Crippen molar-refractivity contribution in [3.05, 3.63) is 34.9 Å². The molecular weight excluding hydrogens is 242 g/mol. The zero-order chi connectivity index (χ0) is 13.8. The van der Waals surface area contributed by atoms with Crippen LogP contribution in [0.3, 0.4) is 0 Å². The molecule has 19 heavy (non-hydrogen) atoms. The summed E-state index contributed by atoms with van der Waals surface area (Å²) in [5.41, 5.74) is 2.66. The van der Waals surface area contributed by atoms with Gasteiger partial charge in [0.25, 0.3) is 0 Å². The predicted octanol–water partition coefficient (Wildman–Crippen LogP) is 2.59. The van der Waals surface area contributed by atoms with Crippen LogP contribution in [0.2, 0.25) is 0 Å². The van der Waals surface area contributed by atoms with Crippen molar-refractivity contribution in [2.24, 2.45) is 0 Å². The largest absolute Gasteiger partial charge is 0.478 e. The minimum atomic E-state index is -0.929. The summed E-state index contributed by atoms with van der Waals surface area (Å²) in [6.07, 6.45) is 4.74. The van der Waals surface area contributed by atoms with Crippen molar-refractivity contribution in [2.75, 3.05) is 18.0 Å². The molecule has 1 heterocycles. The quantitative estimate of drug-likeness (QED) is 0.667. The van der Waals surface area contributed by atoms with E-state index in [4.69, 9.17) is 5.11 Å². The number of hydrogen-bond donors (Lipinski definition) is 1. The molecule has 0 radical (unpaired) electrons. The number of rotatable bonds is 4. The molecule has 0 spiro atoms. The fourth-order valence-electron chi connectivity index (χ4n) is 2.29. The summed E-state index contributed by atoms with van der Waals surface area (Å²) in [5.74, 6) is -0.929. The molecule has 4 heteroatoms. The molecule has 0 aliphatic carbocycles. The summed E-state index contributed by atoms with van der Waals surface area (Å²) in [6.45, 7) is 3.46. The Morgan fingerprint density at radius 3 is 2.58 bits per heavy atom. The van der Waals surface area contributed by atoms with Gasteiger partial charge in [0.1, 0.15) is 0 Å². The first-order valence-electron chi connectivity index (χ1n) is 6.37. The van der Waals surface area contributed by atoms with Crippen LogP contribution in [0.1, 0.15) is 35.7 Å². The van der Waals surface area contributed by atoms with Gasteiger partial charge in [0.05, 0.1) is 0 Å². The van der Waals surface area contributed by atoms with Crippen molar-refractivity contribution >= 4 is 24.0 Å². The van der Waals surface area contributed by atoms with Crippen LogP contribution >= 0.6 is 0 Å². The van der Waals surface area contributed by atoms with Crippen molar-refractivity contribution in [1.82, 2.24) is 0 Å². The van der Waals surface area contributed by atoms with Crippen molar-refractivity contribution in [2.45, 2.75) is 19.8 Å². The Bertz CT molecular complexity index is 528. The van der Waals surface area contributed by atoms with Crippen LogP contribution < -0.4 is 4.90 Å². The van der Waals surface area contributed by atoms with Gasteiger partial charge in [0.2, 0.25) is 0 Å². The van der Waals surface area contributed by atoms with E-state index < -0.39 is 5.97 Å². The second-order valence-corrected chi connectivity index (χ2v) is 4.76. The number of carboxylic acids is 1. The lowest BCUT2D eigenvalue weighted by atomic mass is 10.1. The molecular formula is C15H17NO3. The lowest BCUT2D eigenvalue weighted by Gasteiger charge is -2.20. The van der Waals surface area contributed by atoms with Gasteiger partial charge in [0, 0.05) is 29.9 Å². The number of hydrogen-bond acceptors (Lipinski definition) is 3. The third-order valence-electron chi connectivity index (χ3n) is 3.35. The summed E-state index contributed by atoms with van der Waals surface area (Å²) < 4.78 is 0. The maximum atomic E-state index is 11.1. The number of carboxylic acid groups (broad SMARTS) is 1. The van der Waals surface area contributed by atoms with E-state index in [1.54, 1.807) is 25.1 Å². The third-order valence-corrected chi connectivity index (χ3v) is 3.35. The van der Waals surface area contributed by atoms with Crippen molar-refractivity contribution in [3.63, 3.8) is 0 Å². The van der Waals surface area contributed by atoms with Gasteiger partial charge in [-0.3, -0.25) is 4.79 Å². The fourth-order valence-corrected chi connectivity index (χ4v) is 2.29. The van der Waals surface area contributed by atoms with Crippen LogP contribution in [-0.2, 0) is 4.79 Å². The van der Waals surface area contributed by atoms with E-state index in [0.717, 1.165) is 43.5 Å². The lowest BCUT2D eigenvalue weighted by Crippen LogP contribution is -2.19. The Morgan fingerprint density at radius 1 is 1.32 bits per heavy atom. The zero-order valence-electron chi connectivity index (χ0n) is 10.9. The highest BCUT2D eigenvalue weighted by Gasteiger charge is 2.15. The maximum Gasteiger partial charge on any atom is 0.331 e. The molecule has 1 fully saturated rings. The maximum absolute atomic E-state index is 11.1. The van der Waals surface area contributed by atoms with Gasteiger partial charge in [0.15, 0.2) is 6.29 Å². The molecule has 1 aromatic carbocycles. The molecule has 4 nitrogen and oxygen atoms in total. The van der Waals surface area contributed by atoms with Gasteiger partial charge in [-0.15, -0.1) is 0 Å². The van der Waals surface area contributed by atoms with E-state index in [1.165, 1.54) is 0 Å². The number of aliphatic carboxylic acids is 1. The Labute approximate surface area is 112 Å². The van der Waals surface area contributed by atoms with Gasteiger partial charge in [-0.2, -0.15) is 0 Å². The van der Waals surface area contributed by atoms with E-state index in [9.17, 15) is 9.59 Å². The van der Waals surface area contributed by atoms with Gasteiger partial charge >= 0.3 is 5.97 Å². The molecule has 0 unspecified atom stereocenters. The second-order valence-electron chi connectivity index (χ2n) is 4.76. The summed E-state index contributed by atoms with van der Waals surface area (Å²) in [5, 5.41) is 8.89. The zero-order valence-corrected chi connectivity index (χ0v) is 10.9. The van der Waals surface area contributed by atoms with E-state index in [1.807, 2.05) is 6.07 Å². The van der Waals surface area contributed by atoms with E-state index in [2.05, 4.69) is 4.90 Å². The molecule has 2 rings (SSSR count). The standard InChI is InChI=1S/C15H17NO3/c1-11(15(18)19)8-12-4-5-13(10-17)14(9-12)16-6-2-3-7-16/h4-5,8-10H,2-3,6-7H2,1H3,(H,18,19). The number of carbonyl (C=O) groups excluding carboxylic acids is 1. The molecule has 0 amide bonds. The molecule has 0 bridgehead atoms. The highest BCUT2D eigenvalue weighted by atomic mass is 16.4. The normalized spacial score (nSPS) is 15.6. The number of aldehydes is 1. The Kier molecular flexibility index (Phi) is 4.00. The summed E-state index contributed by atoms with van der Waals surface area (Å²) in [4.78, 5) is 24.1. The first-order chi connectivity index (χ1) is 9.11.